The molecule has 120 valence electrons. The first-order chi connectivity index (χ1) is 10.9. The van der Waals surface area contributed by atoms with Gasteiger partial charge in [-0.2, -0.15) is 0 Å². The van der Waals surface area contributed by atoms with Crippen molar-refractivity contribution in [3.05, 3.63) is 68.7 Å². The van der Waals surface area contributed by atoms with Crippen molar-refractivity contribution >= 4 is 28.9 Å². The first-order valence-corrected chi connectivity index (χ1v) is 7.66. The van der Waals surface area contributed by atoms with Crippen LogP contribution in [0.15, 0.2) is 42.5 Å². The number of hydrogen-bond donors (Lipinski definition) is 1. The lowest BCUT2D eigenvalue weighted by Gasteiger charge is -2.16. The molecule has 23 heavy (non-hydrogen) atoms. The van der Waals surface area contributed by atoms with Gasteiger partial charge in [0.1, 0.15) is 0 Å². The SMILES string of the molecule is CC[C@@H](C)c1ccccc1NC(=O)c1ccc([N+](=O)[O-])cc1Cl. The van der Waals surface area contributed by atoms with Crippen molar-refractivity contribution in [3.8, 4) is 0 Å². The number of nitrogens with one attached hydrogen (secondary N) is 1. The zero-order chi connectivity index (χ0) is 17.0. The van der Waals surface area contributed by atoms with E-state index in [1.54, 1.807) is 0 Å². The molecule has 2 rings (SSSR count). The third-order valence-electron chi connectivity index (χ3n) is 3.76. The summed E-state index contributed by atoms with van der Waals surface area (Å²) in [7, 11) is 0. The van der Waals surface area contributed by atoms with E-state index in [9.17, 15) is 14.9 Å². The van der Waals surface area contributed by atoms with E-state index in [4.69, 9.17) is 11.6 Å². The number of benzene rings is 2. The number of para-hydroxylation sites is 1. The smallest absolute Gasteiger partial charge is 0.270 e. The van der Waals surface area contributed by atoms with Gasteiger partial charge >= 0.3 is 0 Å². The Morgan fingerprint density at radius 2 is 2.00 bits per heavy atom. The van der Waals surface area contributed by atoms with Crippen LogP contribution in [-0.4, -0.2) is 10.8 Å². The topological polar surface area (TPSA) is 72.2 Å². The summed E-state index contributed by atoms with van der Waals surface area (Å²) in [6.07, 6.45) is 0.950. The summed E-state index contributed by atoms with van der Waals surface area (Å²) in [5.74, 6) is -0.0838. The number of amides is 1. The standard InChI is InChI=1S/C17H17ClN2O3/c1-3-11(2)13-6-4-5-7-16(13)19-17(21)14-9-8-12(20(22)23)10-15(14)18/h4-11H,3H2,1-2H3,(H,19,21)/t11-/m1/s1. The van der Waals surface area contributed by atoms with E-state index in [0.717, 1.165) is 17.7 Å². The Labute approximate surface area is 139 Å². The summed E-state index contributed by atoms with van der Waals surface area (Å²) in [4.78, 5) is 22.6. The third kappa shape index (κ3) is 3.87. The van der Waals surface area contributed by atoms with Crippen LogP contribution >= 0.6 is 11.6 Å². The summed E-state index contributed by atoms with van der Waals surface area (Å²) >= 11 is 6.00. The van der Waals surface area contributed by atoms with Crippen molar-refractivity contribution in [2.24, 2.45) is 0 Å². The molecule has 2 aromatic rings. The molecule has 0 aliphatic heterocycles. The van der Waals surface area contributed by atoms with Crippen LogP contribution in [0.3, 0.4) is 0 Å². The van der Waals surface area contributed by atoms with Crippen LogP contribution in [0.2, 0.25) is 5.02 Å². The van der Waals surface area contributed by atoms with Gasteiger partial charge in [-0.05, 0) is 30.0 Å². The maximum Gasteiger partial charge on any atom is 0.270 e. The van der Waals surface area contributed by atoms with E-state index in [-0.39, 0.29) is 22.2 Å². The Balaban J connectivity index is 2.28. The minimum Gasteiger partial charge on any atom is -0.322 e. The van der Waals surface area contributed by atoms with Gasteiger partial charge in [0.25, 0.3) is 11.6 Å². The van der Waals surface area contributed by atoms with Crippen LogP contribution in [0, 0.1) is 10.1 Å². The number of non-ortho nitro benzene ring substituents is 1. The molecule has 0 heterocycles. The van der Waals surface area contributed by atoms with E-state index >= 15 is 0 Å². The number of anilines is 1. The first kappa shape index (κ1) is 17.0. The van der Waals surface area contributed by atoms with E-state index in [1.165, 1.54) is 18.2 Å². The molecule has 0 aromatic heterocycles. The lowest BCUT2D eigenvalue weighted by molar-refractivity contribution is -0.384. The van der Waals surface area contributed by atoms with Crippen molar-refractivity contribution in [3.63, 3.8) is 0 Å². The molecular weight excluding hydrogens is 316 g/mol. The maximum atomic E-state index is 12.4. The average Bonchev–Trinajstić information content (AvgIpc) is 2.54. The quantitative estimate of drug-likeness (QED) is 0.617. The molecule has 0 fully saturated rings. The Kier molecular flexibility index (Phi) is 5.34. The largest absolute Gasteiger partial charge is 0.322 e. The van der Waals surface area contributed by atoms with Gasteiger partial charge in [0.15, 0.2) is 0 Å². The van der Waals surface area contributed by atoms with Crippen molar-refractivity contribution in [2.75, 3.05) is 5.32 Å². The third-order valence-corrected chi connectivity index (χ3v) is 4.07. The molecule has 1 atom stereocenters. The summed E-state index contributed by atoms with van der Waals surface area (Å²) in [6.45, 7) is 4.17. The number of hydrogen-bond acceptors (Lipinski definition) is 3. The summed E-state index contributed by atoms with van der Waals surface area (Å²) < 4.78 is 0. The summed E-state index contributed by atoms with van der Waals surface area (Å²) in [6, 6.07) is 11.4. The van der Waals surface area contributed by atoms with Gasteiger partial charge in [0.05, 0.1) is 15.5 Å². The Morgan fingerprint density at radius 1 is 1.30 bits per heavy atom. The van der Waals surface area contributed by atoms with Crippen LogP contribution in [0.4, 0.5) is 11.4 Å². The first-order valence-electron chi connectivity index (χ1n) is 7.28. The maximum absolute atomic E-state index is 12.4. The highest BCUT2D eigenvalue weighted by molar-refractivity contribution is 6.34. The number of carbonyl (C=O) groups excluding carboxylic acids is 1. The molecule has 5 nitrogen and oxygen atoms in total. The predicted octanol–water partition coefficient (Wildman–Crippen LogP) is 5.01. The van der Waals surface area contributed by atoms with E-state index < -0.39 is 4.92 Å². The molecule has 0 unspecified atom stereocenters. The monoisotopic (exact) mass is 332 g/mol. The zero-order valence-electron chi connectivity index (χ0n) is 12.9. The number of nitrogens with zero attached hydrogens (tertiary/aromatic N) is 1. The van der Waals surface area contributed by atoms with Crippen LogP contribution < -0.4 is 5.32 Å². The van der Waals surface area contributed by atoms with E-state index in [1.807, 2.05) is 24.3 Å². The fourth-order valence-electron chi connectivity index (χ4n) is 2.25. The fourth-order valence-corrected chi connectivity index (χ4v) is 2.51. The minimum atomic E-state index is -0.550. The number of rotatable bonds is 5. The minimum absolute atomic E-state index is 0.0534. The van der Waals surface area contributed by atoms with E-state index in [0.29, 0.717) is 5.92 Å². The summed E-state index contributed by atoms with van der Waals surface area (Å²) in [5.41, 5.74) is 1.82. The van der Waals surface area contributed by atoms with Gasteiger partial charge < -0.3 is 5.32 Å². The number of nitro groups is 1. The Morgan fingerprint density at radius 3 is 2.61 bits per heavy atom. The van der Waals surface area contributed by atoms with Crippen molar-refractivity contribution < 1.29 is 9.72 Å². The Hall–Kier alpha value is -2.40. The van der Waals surface area contributed by atoms with Gasteiger partial charge in [-0.3, -0.25) is 14.9 Å². The van der Waals surface area contributed by atoms with E-state index in [2.05, 4.69) is 19.2 Å². The molecule has 0 spiro atoms. The molecule has 1 N–H and O–H groups in total. The van der Waals surface area contributed by atoms with Gasteiger partial charge in [-0.1, -0.05) is 43.6 Å². The molecule has 1 amide bonds. The Bertz CT molecular complexity index is 746. The molecule has 2 aromatic carbocycles. The predicted molar refractivity (Wildman–Crippen MR) is 91.2 cm³/mol. The molecule has 0 bridgehead atoms. The van der Waals surface area contributed by atoms with Gasteiger partial charge in [-0.15, -0.1) is 0 Å². The van der Waals surface area contributed by atoms with Crippen LogP contribution in [0.1, 0.15) is 42.1 Å². The normalized spacial score (nSPS) is 11.8. The van der Waals surface area contributed by atoms with Crippen molar-refractivity contribution in [2.45, 2.75) is 26.2 Å². The fraction of sp³-hybridized carbons (Fsp3) is 0.235. The van der Waals surface area contributed by atoms with Gasteiger partial charge in [-0.25, -0.2) is 0 Å². The zero-order valence-corrected chi connectivity index (χ0v) is 13.6. The highest BCUT2D eigenvalue weighted by atomic mass is 35.5. The number of halogens is 1. The number of carbonyl (C=O) groups is 1. The second-order valence-electron chi connectivity index (χ2n) is 5.27. The molecule has 0 aliphatic carbocycles. The lowest BCUT2D eigenvalue weighted by Crippen LogP contribution is -2.14. The molecule has 0 saturated heterocycles. The molecule has 0 radical (unpaired) electrons. The van der Waals surface area contributed by atoms with Crippen LogP contribution in [0.25, 0.3) is 0 Å². The van der Waals surface area contributed by atoms with Crippen LogP contribution in [0.5, 0.6) is 0 Å². The molecule has 6 heteroatoms. The lowest BCUT2D eigenvalue weighted by atomic mass is 9.97. The highest BCUT2D eigenvalue weighted by Crippen LogP contribution is 2.28. The molecular formula is C17H17ClN2O3. The molecule has 0 saturated carbocycles. The number of nitro benzene ring substituents is 1. The second-order valence-corrected chi connectivity index (χ2v) is 5.68. The molecule has 0 aliphatic rings. The summed E-state index contributed by atoms with van der Waals surface area (Å²) in [5, 5.41) is 13.6. The van der Waals surface area contributed by atoms with Crippen molar-refractivity contribution in [1.29, 1.82) is 0 Å². The van der Waals surface area contributed by atoms with Gasteiger partial charge in [0, 0.05) is 17.8 Å². The average molecular weight is 333 g/mol. The van der Waals surface area contributed by atoms with Crippen molar-refractivity contribution in [1.82, 2.24) is 0 Å². The van der Waals surface area contributed by atoms with Gasteiger partial charge in [0.2, 0.25) is 0 Å². The van der Waals surface area contributed by atoms with Crippen LogP contribution in [-0.2, 0) is 0 Å². The highest BCUT2D eigenvalue weighted by Gasteiger charge is 2.17. The second kappa shape index (κ2) is 7.24.